The van der Waals surface area contributed by atoms with Crippen LogP contribution >= 0.6 is 11.3 Å². The second-order valence-electron chi connectivity index (χ2n) is 8.20. The Morgan fingerprint density at radius 3 is 2.47 bits per heavy atom. The second-order valence-corrected chi connectivity index (χ2v) is 9.21. The van der Waals surface area contributed by atoms with E-state index < -0.39 is 0 Å². The number of quaternary nitrogens is 1. The summed E-state index contributed by atoms with van der Waals surface area (Å²) in [7, 11) is 4.44. The number of thiazole rings is 1. The average molecular weight is 450 g/mol. The maximum atomic E-state index is 9.20. The Labute approximate surface area is 194 Å². The van der Waals surface area contributed by atoms with Crippen LogP contribution in [0.25, 0.3) is 10.9 Å². The van der Waals surface area contributed by atoms with Gasteiger partial charge in [-0.1, -0.05) is 11.3 Å². The van der Waals surface area contributed by atoms with Gasteiger partial charge in [0.15, 0.2) is 0 Å². The maximum absolute atomic E-state index is 9.20. The number of rotatable bonds is 7. The molecule has 0 unspecified atom stereocenters. The summed E-state index contributed by atoms with van der Waals surface area (Å²) in [6.45, 7) is 17.1. The van der Waals surface area contributed by atoms with Crippen LogP contribution in [0.5, 0.6) is 0 Å². The highest BCUT2D eigenvalue weighted by Gasteiger charge is 2.27. The monoisotopic (exact) mass is 449 g/mol. The van der Waals surface area contributed by atoms with Gasteiger partial charge in [-0.25, -0.2) is 10.1 Å². The third-order valence-corrected chi connectivity index (χ3v) is 6.48. The summed E-state index contributed by atoms with van der Waals surface area (Å²) in [6, 6.07) is 9.93. The first-order valence-electron chi connectivity index (χ1n) is 10.7. The zero-order valence-electron chi connectivity index (χ0n) is 19.1. The minimum Gasteiger partial charge on any atom is -0.372 e. The first-order valence-corrected chi connectivity index (χ1v) is 11.5. The fourth-order valence-corrected chi connectivity index (χ4v) is 4.37. The minimum absolute atomic E-state index is 0.0403. The van der Waals surface area contributed by atoms with Gasteiger partial charge in [0.2, 0.25) is 5.13 Å². The predicted octanol–water partition coefficient (Wildman–Crippen LogP) is 5.08. The summed E-state index contributed by atoms with van der Waals surface area (Å²) in [6.07, 6.45) is 1.60. The van der Waals surface area contributed by atoms with E-state index in [1.165, 1.54) is 11.3 Å². The van der Waals surface area contributed by atoms with Crippen LogP contribution in [0.4, 0.5) is 22.3 Å². The first-order chi connectivity index (χ1) is 15.4. The number of aromatic nitrogens is 1. The van der Waals surface area contributed by atoms with Crippen LogP contribution in [0.3, 0.4) is 0 Å². The molecule has 1 aliphatic rings. The third-order valence-electron chi connectivity index (χ3n) is 5.61. The average Bonchev–Trinajstić information content (AvgIpc) is 3.20. The number of allylic oxidation sites excluding steroid dienone is 1. The lowest BCUT2D eigenvalue weighted by Crippen LogP contribution is -2.55. The van der Waals surface area contributed by atoms with Gasteiger partial charge in [-0.3, -0.25) is 0 Å². The third kappa shape index (κ3) is 5.70. The molecule has 1 saturated heterocycles. The summed E-state index contributed by atoms with van der Waals surface area (Å²) in [5, 5.41) is 18.4. The highest BCUT2D eigenvalue weighted by atomic mass is 32.1. The number of nitrogens with zero attached hydrogens (tertiary/aromatic N) is 8. The summed E-state index contributed by atoms with van der Waals surface area (Å²) in [5.41, 5.74) is 1.96. The molecular formula is C23H29N8S+. The molecule has 0 bridgehead atoms. The van der Waals surface area contributed by atoms with E-state index in [0.717, 1.165) is 65.8 Å². The zero-order chi connectivity index (χ0) is 23.1. The van der Waals surface area contributed by atoms with Crippen molar-refractivity contribution < 1.29 is 4.48 Å². The topological polar surface area (TPSA) is 72.2 Å². The van der Waals surface area contributed by atoms with Gasteiger partial charge in [-0.2, -0.15) is 4.98 Å². The second kappa shape index (κ2) is 10.4. The van der Waals surface area contributed by atoms with E-state index >= 15 is 0 Å². The van der Waals surface area contributed by atoms with E-state index in [-0.39, 0.29) is 5.70 Å². The van der Waals surface area contributed by atoms with E-state index in [1.54, 1.807) is 6.08 Å². The summed E-state index contributed by atoms with van der Waals surface area (Å²) in [4.78, 5) is 13.3. The standard InChI is InChI=1S/C23H29N8S/c1-6-29(7-2)20-10-8-18(9-11-20)27-28-23-26-22(21(32-23)16-19(17-24)25-3)30-12-14-31(4,5)15-13-30/h8-11,16H,6-7,12-15H2,1-2,4-5H3/q+1. The normalized spacial score (nSPS) is 16.1. The molecule has 32 heavy (non-hydrogen) atoms. The number of anilines is 2. The van der Waals surface area contributed by atoms with Crippen LogP contribution in [-0.2, 0) is 0 Å². The van der Waals surface area contributed by atoms with Crippen molar-refractivity contribution in [2.45, 2.75) is 13.8 Å². The lowest BCUT2D eigenvalue weighted by atomic mass is 10.2. The van der Waals surface area contributed by atoms with Crippen molar-refractivity contribution in [2.75, 3.05) is 63.2 Å². The minimum atomic E-state index is 0.0403. The molecule has 0 saturated carbocycles. The number of benzene rings is 1. The van der Waals surface area contributed by atoms with E-state index in [1.807, 2.05) is 30.3 Å². The van der Waals surface area contributed by atoms with Gasteiger partial charge in [-0.05, 0) is 44.2 Å². The van der Waals surface area contributed by atoms with Crippen molar-refractivity contribution in [3.05, 3.63) is 46.3 Å². The van der Waals surface area contributed by atoms with Gasteiger partial charge in [0.1, 0.15) is 5.82 Å². The molecule has 0 N–H and O–H groups in total. The fraction of sp³-hybridized carbons (Fsp3) is 0.435. The smallest absolute Gasteiger partial charge is 0.263 e. The van der Waals surface area contributed by atoms with E-state index in [9.17, 15) is 5.26 Å². The molecule has 2 aromatic rings. The van der Waals surface area contributed by atoms with E-state index in [2.05, 4.69) is 52.8 Å². The molecule has 0 atom stereocenters. The molecule has 0 aliphatic carbocycles. The van der Waals surface area contributed by atoms with Gasteiger partial charge in [0.05, 0.1) is 63.5 Å². The largest absolute Gasteiger partial charge is 0.372 e. The van der Waals surface area contributed by atoms with Gasteiger partial charge in [-0.15, -0.1) is 10.2 Å². The molecule has 1 aromatic heterocycles. The van der Waals surface area contributed by atoms with Crippen molar-refractivity contribution in [2.24, 2.45) is 10.2 Å². The number of azo groups is 1. The van der Waals surface area contributed by atoms with Crippen molar-refractivity contribution >= 4 is 39.7 Å². The Morgan fingerprint density at radius 1 is 1.25 bits per heavy atom. The Hall–Kier alpha value is -3.27. The zero-order valence-corrected chi connectivity index (χ0v) is 19.9. The van der Waals surface area contributed by atoms with Crippen LogP contribution in [0.1, 0.15) is 18.7 Å². The van der Waals surface area contributed by atoms with Gasteiger partial charge < -0.3 is 14.3 Å². The van der Waals surface area contributed by atoms with Crippen LogP contribution in [0.2, 0.25) is 0 Å². The summed E-state index contributed by atoms with van der Waals surface area (Å²) < 4.78 is 0.966. The molecule has 0 amide bonds. The van der Waals surface area contributed by atoms with Crippen molar-refractivity contribution in [3.8, 4) is 6.07 Å². The molecule has 0 spiro atoms. The highest BCUT2D eigenvalue weighted by Crippen LogP contribution is 2.35. The molecular weight excluding hydrogens is 420 g/mol. The number of nitriles is 1. The molecule has 9 heteroatoms. The Bertz CT molecular complexity index is 1040. The highest BCUT2D eigenvalue weighted by molar-refractivity contribution is 7.16. The molecule has 1 fully saturated rings. The Morgan fingerprint density at radius 2 is 1.91 bits per heavy atom. The summed E-state index contributed by atoms with van der Waals surface area (Å²) in [5.74, 6) is 0.775. The first kappa shape index (κ1) is 23.4. The summed E-state index contributed by atoms with van der Waals surface area (Å²) >= 11 is 1.35. The van der Waals surface area contributed by atoms with Crippen LogP contribution in [0, 0.1) is 17.9 Å². The molecule has 3 rings (SSSR count). The molecule has 1 aliphatic heterocycles. The Kier molecular flexibility index (Phi) is 7.57. The van der Waals surface area contributed by atoms with E-state index in [0.29, 0.717) is 5.13 Å². The maximum Gasteiger partial charge on any atom is 0.263 e. The lowest BCUT2D eigenvalue weighted by Gasteiger charge is -2.39. The molecule has 166 valence electrons. The number of likely N-dealkylation sites (N-methyl/N-ethyl adjacent to an activating group) is 1. The van der Waals surface area contributed by atoms with Gasteiger partial charge in [0, 0.05) is 18.8 Å². The lowest BCUT2D eigenvalue weighted by molar-refractivity contribution is -0.890. The van der Waals surface area contributed by atoms with Crippen LogP contribution in [-0.4, -0.2) is 62.8 Å². The predicted molar refractivity (Wildman–Crippen MR) is 131 cm³/mol. The van der Waals surface area contributed by atoms with Crippen LogP contribution < -0.4 is 9.80 Å². The Balaban J connectivity index is 1.85. The van der Waals surface area contributed by atoms with Crippen molar-refractivity contribution in [3.63, 3.8) is 0 Å². The van der Waals surface area contributed by atoms with Crippen molar-refractivity contribution in [1.82, 2.24) is 4.98 Å². The molecule has 1 aromatic carbocycles. The molecule has 0 radical (unpaired) electrons. The fourth-order valence-electron chi connectivity index (χ4n) is 3.53. The van der Waals surface area contributed by atoms with E-state index in [4.69, 9.17) is 11.6 Å². The molecule has 8 nitrogen and oxygen atoms in total. The van der Waals surface area contributed by atoms with Gasteiger partial charge in [0.25, 0.3) is 5.70 Å². The number of hydrogen-bond acceptors (Lipinski definition) is 7. The van der Waals surface area contributed by atoms with Crippen molar-refractivity contribution in [1.29, 1.82) is 5.26 Å². The van der Waals surface area contributed by atoms with Gasteiger partial charge >= 0.3 is 0 Å². The molecule has 2 heterocycles. The number of hydrogen-bond donors (Lipinski definition) is 0. The number of piperazine rings is 1. The quantitative estimate of drug-likeness (QED) is 0.256. The van der Waals surface area contributed by atoms with Crippen LogP contribution in [0.15, 0.2) is 40.2 Å². The SMILES string of the molecule is [C-]#[N+]C(C#N)=Cc1sc(N=Nc2ccc(N(CC)CC)cc2)nc1N1CC[N+](C)(C)CC1.